The van der Waals surface area contributed by atoms with Crippen LogP contribution in [-0.2, 0) is 0 Å². The minimum Gasteiger partial charge on any atom is -0.334 e. The van der Waals surface area contributed by atoms with E-state index in [1.165, 1.54) is 36.6 Å². The maximum absolute atomic E-state index is 11.8. The van der Waals surface area contributed by atoms with Crippen molar-refractivity contribution in [2.24, 2.45) is 5.92 Å². The standard InChI is InChI=1S/C12H19N3O/c1-10-5-3-2-4-6-11(10)14-12(16)15-8-7-13-9-15/h7-11H,2-6H2,1H3,(H,14,16). The van der Waals surface area contributed by atoms with E-state index in [0.29, 0.717) is 12.0 Å². The largest absolute Gasteiger partial charge is 0.334 e. The van der Waals surface area contributed by atoms with E-state index in [9.17, 15) is 4.79 Å². The number of hydrogen-bond acceptors (Lipinski definition) is 2. The Labute approximate surface area is 96.1 Å². The molecule has 1 heterocycles. The van der Waals surface area contributed by atoms with Gasteiger partial charge in [0, 0.05) is 18.4 Å². The van der Waals surface area contributed by atoms with Gasteiger partial charge in [-0.05, 0) is 18.8 Å². The molecule has 1 aliphatic rings. The summed E-state index contributed by atoms with van der Waals surface area (Å²) in [7, 11) is 0. The average Bonchev–Trinajstić information content (AvgIpc) is 2.73. The number of rotatable bonds is 1. The van der Waals surface area contributed by atoms with Gasteiger partial charge in [0.15, 0.2) is 0 Å². The number of nitrogens with zero attached hydrogens (tertiary/aromatic N) is 2. The van der Waals surface area contributed by atoms with Gasteiger partial charge in [0.25, 0.3) is 0 Å². The van der Waals surface area contributed by atoms with Crippen LogP contribution in [0, 0.1) is 5.92 Å². The number of carbonyl (C=O) groups is 1. The molecule has 0 saturated heterocycles. The van der Waals surface area contributed by atoms with E-state index < -0.39 is 0 Å². The molecule has 88 valence electrons. The van der Waals surface area contributed by atoms with E-state index in [0.717, 1.165) is 6.42 Å². The second-order valence-electron chi connectivity index (χ2n) is 4.64. The SMILES string of the molecule is CC1CCCCCC1NC(=O)n1ccnc1. The molecule has 0 spiro atoms. The lowest BCUT2D eigenvalue weighted by atomic mass is 9.97. The number of hydrogen-bond donors (Lipinski definition) is 1. The number of aromatic nitrogens is 2. The Hall–Kier alpha value is -1.32. The normalized spacial score (nSPS) is 26.1. The van der Waals surface area contributed by atoms with E-state index in [-0.39, 0.29) is 6.03 Å². The highest BCUT2D eigenvalue weighted by Gasteiger charge is 2.21. The van der Waals surface area contributed by atoms with Gasteiger partial charge in [-0.2, -0.15) is 0 Å². The summed E-state index contributed by atoms with van der Waals surface area (Å²) in [5, 5.41) is 3.10. The fourth-order valence-electron chi connectivity index (χ4n) is 2.32. The first kappa shape index (κ1) is 11.2. The molecule has 16 heavy (non-hydrogen) atoms. The van der Waals surface area contributed by atoms with Crippen molar-refractivity contribution >= 4 is 6.03 Å². The number of nitrogens with one attached hydrogen (secondary N) is 1. The Balaban J connectivity index is 1.95. The van der Waals surface area contributed by atoms with Crippen LogP contribution in [0.2, 0.25) is 0 Å². The van der Waals surface area contributed by atoms with Crippen LogP contribution in [0.5, 0.6) is 0 Å². The molecule has 2 atom stereocenters. The van der Waals surface area contributed by atoms with Crippen LogP contribution in [0.25, 0.3) is 0 Å². The molecule has 1 fully saturated rings. The summed E-state index contributed by atoms with van der Waals surface area (Å²) < 4.78 is 1.50. The molecule has 2 unspecified atom stereocenters. The second-order valence-corrected chi connectivity index (χ2v) is 4.64. The maximum Gasteiger partial charge on any atom is 0.327 e. The summed E-state index contributed by atoms with van der Waals surface area (Å²) in [6, 6.07) is 0.258. The van der Waals surface area contributed by atoms with Gasteiger partial charge in [-0.15, -0.1) is 0 Å². The molecule has 0 aliphatic heterocycles. The average molecular weight is 221 g/mol. The minimum atomic E-state index is -0.0590. The molecule has 1 aliphatic carbocycles. The van der Waals surface area contributed by atoms with Crippen molar-refractivity contribution < 1.29 is 4.79 Å². The van der Waals surface area contributed by atoms with Crippen LogP contribution < -0.4 is 5.32 Å². The Kier molecular flexibility index (Phi) is 3.59. The zero-order valence-electron chi connectivity index (χ0n) is 9.72. The lowest BCUT2D eigenvalue weighted by Crippen LogP contribution is -2.40. The van der Waals surface area contributed by atoms with Gasteiger partial charge >= 0.3 is 6.03 Å². The predicted octanol–water partition coefficient (Wildman–Crippen LogP) is 2.41. The first-order valence-electron chi connectivity index (χ1n) is 6.06. The molecule has 2 rings (SSSR count). The van der Waals surface area contributed by atoms with Crippen molar-refractivity contribution in [1.29, 1.82) is 0 Å². The van der Waals surface area contributed by atoms with Crippen LogP contribution in [0.3, 0.4) is 0 Å². The molecular weight excluding hydrogens is 202 g/mol. The van der Waals surface area contributed by atoms with Crippen molar-refractivity contribution in [3.05, 3.63) is 18.7 Å². The minimum absolute atomic E-state index is 0.0590. The Morgan fingerprint density at radius 3 is 2.94 bits per heavy atom. The quantitative estimate of drug-likeness (QED) is 0.740. The lowest BCUT2D eigenvalue weighted by molar-refractivity contribution is 0.232. The summed E-state index contributed by atoms with van der Waals surface area (Å²) in [6.07, 6.45) is 11.0. The third-order valence-corrected chi connectivity index (χ3v) is 3.41. The molecular formula is C12H19N3O. The molecule has 1 saturated carbocycles. The van der Waals surface area contributed by atoms with Crippen LogP contribution >= 0.6 is 0 Å². The first-order chi connectivity index (χ1) is 7.77. The van der Waals surface area contributed by atoms with E-state index in [1.807, 2.05) is 0 Å². The number of imidazole rings is 1. The zero-order valence-corrected chi connectivity index (χ0v) is 9.72. The van der Waals surface area contributed by atoms with Gasteiger partial charge in [-0.3, -0.25) is 4.57 Å². The van der Waals surface area contributed by atoms with E-state index in [2.05, 4.69) is 17.2 Å². The highest BCUT2D eigenvalue weighted by molar-refractivity contribution is 5.76. The van der Waals surface area contributed by atoms with Crippen molar-refractivity contribution in [1.82, 2.24) is 14.9 Å². The van der Waals surface area contributed by atoms with Gasteiger partial charge in [0.2, 0.25) is 0 Å². The van der Waals surface area contributed by atoms with Gasteiger partial charge in [0.05, 0.1) is 0 Å². The second kappa shape index (κ2) is 5.14. The Morgan fingerprint density at radius 1 is 1.38 bits per heavy atom. The van der Waals surface area contributed by atoms with Crippen LogP contribution in [0.4, 0.5) is 4.79 Å². The molecule has 4 nitrogen and oxygen atoms in total. The van der Waals surface area contributed by atoms with Gasteiger partial charge < -0.3 is 5.32 Å². The molecule has 4 heteroatoms. The van der Waals surface area contributed by atoms with Crippen LogP contribution in [-0.4, -0.2) is 21.6 Å². The number of carbonyl (C=O) groups excluding carboxylic acids is 1. The van der Waals surface area contributed by atoms with E-state index >= 15 is 0 Å². The zero-order chi connectivity index (χ0) is 11.4. The first-order valence-corrected chi connectivity index (χ1v) is 6.06. The molecule has 1 aromatic heterocycles. The van der Waals surface area contributed by atoms with Crippen molar-refractivity contribution in [2.45, 2.75) is 45.1 Å². The van der Waals surface area contributed by atoms with Crippen LogP contribution in [0.1, 0.15) is 39.0 Å². The maximum atomic E-state index is 11.8. The third-order valence-electron chi connectivity index (χ3n) is 3.41. The highest BCUT2D eigenvalue weighted by Crippen LogP contribution is 2.22. The molecule has 1 aromatic rings. The van der Waals surface area contributed by atoms with E-state index in [1.54, 1.807) is 12.4 Å². The number of amides is 1. The summed E-state index contributed by atoms with van der Waals surface area (Å²) in [5.74, 6) is 0.579. The summed E-state index contributed by atoms with van der Waals surface area (Å²) in [4.78, 5) is 15.7. The third kappa shape index (κ3) is 2.62. The molecule has 0 radical (unpaired) electrons. The molecule has 1 N–H and O–H groups in total. The fourth-order valence-corrected chi connectivity index (χ4v) is 2.32. The van der Waals surface area contributed by atoms with Gasteiger partial charge in [-0.25, -0.2) is 9.78 Å². The highest BCUT2D eigenvalue weighted by atomic mass is 16.2. The van der Waals surface area contributed by atoms with Gasteiger partial charge in [-0.1, -0.05) is 26.2 Å². The summed E-state index contributed by atoms with van der Waals surface area (Å²) in [5.41, 5.74) is 0. The summed E-state index contributed by atoms with van der Waals surface area (Å²) >= 11 is 0. The van der Waals surface area contributed by atoms with Crippen molar-refractivity contribution in [3.63, 3.8) is 0 Å². The smallest absolute Gasteiger partial charge is 0.327 e. The fraction of sp³-hybridized carbons (Fsp3) is 0.667. The van der Waals surface area contributed by atoms with Crippen molar-refractivity contribution in [3.8, 4) is 0 Å². The Bertz CT molecular complexity index is 334. The predicted molar refractivity (Wildman–Crippen MR) is 62.2 cm³/mol. The van der Waals surface area contributed by atoms with Gasteiger partial charge in [0.1, 0.15) is 6.33 Å². The topological polar surface area (TPSA) is 46.9 Å². The monoisotopic (exact) mass is 221 g/mol. The Morgan fingerprint density at radius 2 is 2.19 bits per heavy atom. The lowest BCUT2D eigenvalue weighted by Gasteiger charge is -2.22. The molecule has 0 aromatic carbocycles. The molecule has 0 bridgehead atoms. The van der Waals surface area contributed by atoms with E-state index in [4.69, 9.17) is 0 Å². The van der Waals surface area contributed by atoms with Crippen LogP contribution in [0.15, 0.2) is 18.7 Å². The summed E-state index contributed by atoms with van der Waals surface area (Å²) in [6.45, 7) is 2.23. The van der Waals surface area contributed by atoms with Crippen molar-refractivity contribution in [2.75, 3.05) is 0 Å². The molecule has 1 amide bonds.